The van der Waals surface area contributed by atoms with Gasteiger partial charge in [-0.25, -0.2) is 4.79 Å². The molecule has 1 aromatic rings. The Kier molecular flexibility index (Phi) is 4.72. The molecule has 25 heavy (non-hydrogen) atoms. The maximum absolute atomic E-state index is 12.9. The number of nitrogens with zero attached hydrogens (tertiary/aromatic N) is 1. The molecule has 0 fully saturated rings. The summed E-state index contributed by atoms with van der Waals surface area (Å²) in [6.45, 7) is 2.34. The van der Waals surface area contributed by atoms with Crippen molar-refractivity contribution < 1.29 is 9.90 Å². The van der Waals surface area contributed by atoms with Crippen LogP contribution in [0, 0.1) is 6.92 Å². The van der Waals surface area contributed by atoms with Gasteiger partial charge < -0.3 is 9.67 Å². The second-order valence-electron chi connectivity index (χ2n) is 5.76. The number of carboxylic acids is 1. The van der Waals surface area contributed by atoms with E-state index in [2.05, 4.69) is 0 Å². The minimum Gasteiger partial charge on any atom is -0.478 e. The standard InChI is InChI=1S/C20H16ClNO3/c1-13-11-15(21)8-7-14(13)12-22-18-6-4-2-3-5-16(18)17(20(22)25)9-10-19(23)24/h2-11H,12H2,1H3,(H,23,24)/b10-9+. The molecule has 3 rings (SSSR count). The third-order valence-electron chi connectivity index (χ3n) is 4.10. The molecule has 0 aromatic heterocycles. The van der Waals surface area contributed by atoms with E-state index in [1.807, 2.05) is 49.4 Å². The van der Waals surface area contributed by atoms with E-state index in [1.54, 1.807) is 10.6 Å². The highest BCUT2D eigenvalue weighted by atomic mass is 35.5. The van der Waals surface area contributed by atoms with Crippen molar-refractivity contribution in [1.82, 2.24) is 4.57 Å². The Bertz CT molecular complexity index is 1000. The van der Waals surface area contributed by atoms with Gasteiger partial charge in [0, 0.05) is 22.2 Å². The molecule has 1 aromatic carbocycles. The van der Waals surface area contributed by atoms with Gasteiger partial charge in [0.05, 0.1) is 12.2 Å². The minimum absolute atomic E-state index is 0.215. The van der Waals surface area contributed by atoms with Gasteiger partial charge >= 0.3 is 5.97 Å². The van der Waals surface area contributed by atoms with Crippen molar-refractivity contribution in [2.45, 2.75) is 13.5 Å². The second-order valence-corrected chi connectivity index (χ2v) is 6.19. The third kappa shape index (κ3) is 3.49. The zero-order chi connectivity index (χ0) is 18.0. The fourth-order valence-electron chi connectivity index (χ4n) is 2.85. The Balaban J connectivity index is 2.17. The summed E-state index contributed by atoms with van der Waals surface area (Å²) in [4.78, 5) is 23.7. The maximum atomic E-state index is 12.9. The van der Waals surface area contributed by atoms with Gasteiger partial charge in [-0.3, -0.25) is 4.79 Å². The molecule has 0 atom stereocenters. The summed E-state index contributed by atoms with van der Waals surface area (Å²) in [6.07, 6.45) is 2.35. The average molecular weight is 354 g/mol. The van der Waals surface area contributed by atoms with Crippen molar-refractivity contribution in [3.05, 3.63) is 86.7 Å². The molecular weight excluding hydrogens is 338 g/mol. The third-order valence-corrected chi connectivity index (χ3v) is 4.33. The quantitative estimate of drug-likeness (QED) is 0.719. The molecule has 1 aliphatic carbocycles. The first kappa shape index (κ1) is 17.0. The van der Waals surface area contributed by atoms with Crippen molar-refractivity contribution in [3.63, 3.8) is 0 Å². The van der Waals surface area contributed by atoms with E-state index < -0.39 is 5.97 Å². The zero-order valence-corrected chi connectivity index (χ0v) is 14.3. The summed E-state index contributed by atoms with van der Waals surface area (Å²) in [7, 11) is 0. The van der Waals surface area contributed by atoms with Crippen LogP contribution >= 0.6 is 11.6 Å². The number of hydrogen-bond acceptors (Lipinski definition) is 2. The fraction of sp³-hybridized carbons (Fsp3) is 0.100. The van der Waals surface area contributed by atoms with Gasteiger partial charge in [-0.15, -0.1) is 0 Å². The topological polar surface area (TPSA) is 59.3 Å². The first-order chi connectivity index (χ1) is 12.0. The van der Waals surface area contributed by atoms with Crippen LogP contribution in [0.15, 0.2) is 59.4 Å². The number of aryl methyl sites for hydroxylation is 1. The predicted molar refractivity (Wildman–Crippen MR) is 99.3 cm³/mol. The lowest BCUT2D eigenvalue weighted by molar-refractivity contribution is -0.131. The van der Waals surface area contributed by atoms with E-state index in [1.165, 1.54) is 6.08 Å². The van der Waals surface area contributed by atoms with Gasteiger partial charge in [-0.1, -0.05) is 41.9 Å². The molecule has 0 spiro atoms. The van der Waals surface area contributed by atoms with Crippen LogP contribution in [0.1, 0.15) is 16.7 Å². The van der Waals surface area contributed by atoms with Gasteiger partial charge in [0.25, 0.3) is 5.56 Å². The molecule has 126 valence electrons. The van der Waals surface area contributed by atoms with Gasteiger partial charge in [0.1, 0.15) is 0 Å². The molecule has 1 heterocycles. The molecule has 0 saturated carbocycles. The van der Waals surface area contributed by atoms with Gasteiger partial charge in [-0.2, -0.15) is 0 Å². The van der Waals surface area contributed by atoms with E-state index in [9.17, 15) is 9.59 Å². The summed E-state index contributed by atoms with van der Waals surface area (Å²) >= 11 is 6.01. The normalized spacial score (nSPS) is 11.3. The smallest absolute Gasteiger partial charge is 0.328 e. The van der Waals surface area contributed by atoms with Crippen molar-refractivity contribution in [3.8, 4) is 11.3 Å². The molecule has 1 N–H and O–H groups in total. The molecule has 5 heteroatoms. The number of halogens is 1. The zero-order valence-electron chi connectivity index (χ0n) is 13.6. The largest absolute Gasteiger partial charge is 0.478 e. The monoisotopic (exact) mass is 353 g/mol. The number of benzene rings is 1. The molecule has 0 unspecified atom stereocenters. The molecule has 0 bridgehead atoms. The summed E-state index contributed by atoms with van der Waals surface area (Å²) in [5.41, 5.74) is 3.62. The number of aliphatic carboxylic acids is 1. The number of carboxylic acid groups (broad SMARTS) is 1. The van der Waals surface area contributed by atoms with Crippen LogP contribution in [-0.4, -0.2) is 15.6 Å². The summed E-state index contributed by atoms with van der Waals surface area (Å²) < 4.78 is 1.66. The predicted octanol–water partition coefficient (Wildman–Crippen LogP) is 4.06. The van der Waals surface area contributed by atoms with Crippen LogP contribution in [0.4, 0.5) is 0 Å². The second kappa shape index (κ2) is 6.95. The molecule has 0 amide bonds. The Morgan fingerprint density at radius 3 is 2.68 bits per heavy atom. The number of fused-ring (bicyclic) bond motifs is 1. The van der Waals surface area contributed by atoms with Gasteiger partial charge in [0.2, 0.25) is 0 Å². The summed E-state index contributed by atoms with van der Waals surface area (Å²) in [5.74, 6) is -1.09. The van der Waals surface area contributed by atoms with Crippen molar-refractivity contribution in [1.29, 1.82) is 0 Å². The van der Waals surface area contributed by atoms with Gasteiger partial charge in [0.15, 0.2) is 0 Å². The lowest BCUT2D eigenvalue weighted by atomic mass is 10.1. The SMILES string of the molecule is Cc1cc(Cl)ccc1Cn1c2cccccc-2c(/C=C/C(=O)O)c1=O. The van der Waals surface area contributed by atoms with Crippen LogP contribution < -0.4 is 5.56 Å². The number of carbonyl (C=O) groups is 1. The van der Waals surface area contributed by atoms with E-state index in [4.69, 9.17) is 16.7 Å². The lowest BCUT2D eigenvalue weighted by Crippen LogP contribution is -2.17. The van der Waals surface area contributed by atoms with Crippen LogP contribution in [0.5, 0.6) is 0 Å². The maximum Gasteiger partial charge on any atom is 0.328 e. The molecule has 1 aliphatic heterocycles. The van der Waals surface area contributed by atoms with Crippen molar-refractivity contribution in [2.75, 3.05) is 0 Å². The van der Waals surface area contributed by atoms with Crippen LogP contribution in [0.2, 0.25) is 5.02 Å². The molecular formula is C20H16ClNO3. The summed E-state index contributed by atoms with van der Waals surface area (Å²) in [6, 6.07) is 14.8. The Morgan fingerprint density at radius 2 is 1.96 bits per heavy atom. The summed E-state index contributed by atoms with van der Waals surface area (Å²) in [5, 5.41) is 9.53. The fourth-order valence-corrected chi connectivity index (χ4v) is 3.08. The van der Waals surface area contributed by atoms with Crippen molar-refractivity contribution in [2.24, 2.45) is 0 Å². The van der Waals surface area contributed by atoms with Crippen LogP contribution in [-0.2, 0) is 11.3 Å². The highest BCUT2D eigenvalue weighted by Crippen LogP contribution is 2.26. The Hall–Kier alpha value is -2.85. The van der Waals surface area contributed by atoms with E-state index in [0.29, 0.717) is 17.1 Å². The minimum atomic E-state index is -1.09. The Labute approximate surface area is 150 Å². The highest BCUT2D eigenvalue weighted by molar-refractivity contribution is 6.30. The number of rotatable bonds is 4. The van der Waals surface area contributed by atoms with E-state index >= 15 is 0 Å². The van der Waals surface area contributed by atoms with E-state index in [-0.39, 0.29) is 5.56 Å². The lowest BCUT2D eigenvalue weighted by Gasteiger charge is -2.09. The molecule has 4 nitrogen and oxygen atoms in total. The Morgan fingerprint density at radius 1 is 1.20 bits per heavy atom. The highest BCUT2D eigenvalue weighted by Gasteiger charge is 2.18. The van der Waals surface area contributed by atoms with Crippen LogP contribution in [0.3, 0.4) is 0 Å². The molecule has 0 saturated heterocycles. The number of hydrogen-bond donors (Lipinski definition) is 1. The van der Waals surface area contributed by atoms with E-state index in [0.717, 1.165) is 28.5 Å². The average Bonchev–Trinajstić information content (AvgIpc) is 2.70. The van der Waals surface area contributed by atoms with Crippen LogP contribution in [0.25, 0.3) is 17.3 Å². The first-order valence-electron chi connectivity index (χ1n) is 7.75. The van der Waals surface area contributed by atoms with Crippen molar-refractivity contribution >= 4 is 23.6 Å². The van der Waals surface area contributed by atoms with Gasteiger partial charge in [-0.05, 0) is 42.3 Å². The number of aromatic nitrogens is 1. The molecule has 2 aliphatic rings. The molecule has 0 radical (unpaired) electrons. The first-order valence-corrected chi connectivity index (χ1v) is 8.13.